The van der Waals surface area contributed by atoms with E-state index in [1.807, 2.05) is 12.2 Å². The average molecular weight is 449 g/mol. The molecule has 0 aliphatic rings. The van der Waals surface area contributed by atoms with E-state index in [4.69, 9.17) is 0 Å². The molecule has 0 amide bonds. The Morgan fingerprint density at radius 1 is 0.375 bits per heavy atom. The van der Waals surface area contributed by atoms with Crippen LogP contribution in [-0.2, 0) is 0 Å². The number of hydrogen-bond acceptors (Lipinski definition) is 0. The molecule has 0 radical (unpaired) electrons. The molecule has 0 atom stereocenters. The van der Waals surface area contributed by atoms with Gasteiger partial charge in [0.05, 0.1) is 0 Å². The lowest BCUT2D eigenvalue weighted by atomic mass is 10.3. The van der Waals surface area contributed by atoms with Crippen molar-refractivity contribution < 1.29 is 0 Å². The van der Waals surface area contributed by atoms with E-state index in [0.717, 1.165) is 12.8 Å². The van der Waals surface area contributed by atoms with Crippen molar-refractivity contribution in [1.82, 2.24) is 0 Å². The van der Waals surface area contributed by atoms with E-state index < -0.39 is 0 Å². The summed E-state index contributed by atoms with van der Waals surface area (Å²) in [7, 11) is 0. The molecule has 0 aliphatic heterocycles. The highest BCUT2D eigenvalue weighted by Crippen LogP contribution is 1.90. The van der Waals surface area contributed by atoms with Crippen LogP contribution < -0.4 is 0 Å². The summed E-state index contributed by atoms with van der Waals surface area (Å²) in [5.74, 6) is 0. The maximum atomic E-state index is 3.48. The fourth-order valence-electron chi connectivity index (χ4n) is 1.63. The van der Waals surface area contributed by atoms with E-state index in [9.17, 15) is 0 Å². The minimum absolute atomic E-state index is 1.08. The van der Waals surface area contributed by atoms with Gasteiger partial charge in [0.1, 0.15) is 0 Å². The van der Waals surface area contributed by atoms with Gasteiger partial charge in [-0.1, -0.05) is 100 Å². The molecule has 0 unspecified atom stereocenters. The van der Waals surface area contributed by atoms with Crippen LogP contribution in [-0.4, -0.2) is 0 Å². The normalized spacial score (nSPS) is 7.44. The molecule has 0 N–H and O–H groups in total. The quantitative estimate of drug-likeness (QED) is 0.354. The van der Waals surface area contributed by atoms with Crippen LogP contribution in [0.15, 0.2) is 71.9 Å². The van der Waals surface area contributed by atoms with E-state index in [1.54, 1.807) is 0 Å². The second-order valence-corrected chi connectivity index (χ2v) is 8.15. The van der Waals surface area contributed by atoms with Crippen LogP contribution in [0.1, 0.15) is 135 Å². The first-order valence-electron chi connectivity index (χ1n) is 12.7. The third-order valence-corrected chi connectivity index (χ3v) is 3.03. The lowest BCUT2D eigenvalue weighted by Crippen LogP contribution is -1.58. The zero-order valence-corrected chi connectivity index (χ0v) is 25.1. The van der Waals surface area contributed by atoms with Crippen molar-refractivity contribution in [2.45, 2.75) is 135 Å². The number of allylic oxidation sites excluding steroid dienone is 10. The van der Waals surface area contributed by atoms with Crippen molar-refractivity contribution >= 4 is 0 Å². The van der Waals surface area contributed by atoms with Crippen molar-refractivity contribution in [1.29, 1.82) is 0 Å². The Hall–Kier alpha value is -1.56. The first-order chi connectivity index (χ1) is 14.9. The zero-order valence-electron chi connectivity index (χ0n) is 25.1. The Balaban J connectivity index is -0.0000000639. The van der Waals surface area contributed by atoms with E-state index in [1.165, 1.54) is 48.0 Å². The SMILES string of the molecule is C=CCC.C=CCC.CCC=C(C)C.CCC=C(C)C.CCC=C(C)C.CCC=C(C)C. The monoisotopic (exact) mass is 449 g/mol. The molecule has 0 heterocycles. The molecule has 0 nitrogen and oxygen atoms in total. The molecule has 0 saturated carbocycles. The summed E-state index contributed by atoms with van der Waals surface area (Å²) in [5, 5.41) is 0. The van der Waals surface area contributed by atoms with Crippen molar-refractivity contribution in [2.24, 2.45) is 0 Å². The molecule has 32 heavy (non-hydrogen) atoms. The fraction of sp³-hybridized carbons (Fsp3) is 0.625. The lowest BCUT2D eigenvalue weighted by Gasteiger charge is -1.80. The summed E-state index contributed by atoms with van der Waals surface area (Å²) in [6.45, 7) is 36.6. The van der Waals surface area contributed by atoms with Crippen molar-refractivity contribution in [3.8, 4) is 0 Å². The van der Waals surface area contributed by atoms with Crippen LogP contribution in [0.5, 0.6) is 0 Å². The van der Waals surface area contributed by atoms with Crippen molar-refractivity contribution in [3.63, 3.8) is 0 Å². The maximum absolute atomic E-state index is 3.48. The van der Waals surface area contributed by atoms with E-state index in [-0.39, 0.29) is 0 Å². The summed E-state index contributed by atoms with van der Waals surface area (Å²) in [6.07, 6.45) is 19.4. The first kappa shape index (κ1) is 44.2. The molecule has 0 aromatic rings. The Labute approximate surface area is 207 Å². The van der Waals surface area contributed by atoms with E-state index >= 15 is 0 Å². The summed E-state index contributed by atoms with van der Waals surface area (Å²) in [4.78, 5) is 0. The molecule has 0 bridgehead atoms. The molecule has 0 rings (SSSR count). The van der Waals surface area contributed by atoms with Crippen LogP contribution in [0.2, 0.25) is 0 Å². The van der Waals surface area contributed by atoms with Gasteiger partial charge >= 0.3 is 0 Å². The van der Waals surface area contributed by atoms with Gasteiger partial charge in [-0.25, -0.2) is 0 Å². The largest absolute Gasteiger partial charge is 0.103 e. The van der Waals surface area contributed by atoms with Gasteiger partial charge in [-0.15, -0.1) is 13.2 Å². The highest BCUT2D eigenvalue weighted by Gasteiger charge is 1.69. The van der Waals surface area contributed by atoms with Crippen LogP contribution in [0.25, 0.3) is 0 Å². The Bertz CT molecular complexity index is 356. The zero-order chi connectivity index (χ0) is 26.8. The van der Waals surface area contributed by atoms with Gasteiger partial charge in [0.15, 0.2) is 0 Å². The minimum atomic E-state index is 1.08. The van der Waals surface area contributed by atoms with E-state index in [2.05, 4.69) is 134 Å². The molecule has 0 spiro atoms. The predicted molar refractivity (Wildman–Crippen MR) is 160 cm³/mol. The maximum Gasteiger partial charge on any atom is -0.0377 e. The summed E-state index contributed by atoms with van der Waals surface area (Å²) in [5.41, 5.74) is 5.66. The van der Waals surface area contributed by atoms with Crippen molar-refractivity contribution in [2.75, 3.05) is 0 Å². The predicted octanol–water partition coefficient (Wildman–Crippen LogP) is 12.6. The third-order valence-electron chi connectivity index (χ3n) is 3.03. The van der Waals surface area contributed by atoms with Gasteiger partial charge in [0.2, 0.25) is 0 Å². The molecular formula is C32H64. The Kier molecular flexibility index (Phi) is 65.3. The van der Waals surface area contributed by atoms with Crippen LogP contribution in [0.4, 0.5) is 0 Å². The van der Waals surface area contributed by atoms with Gasteiger partial charge in [-0.2, -0.15) is 0 Å². The topological polar surface area (TPSA) is 0 Å². The number of hydrogen-bond donors (Lipinski definition) is 0. The van der Waals surface area contributed by atoms with Crippen LogP contribution in [0, 0.1) is 0 Å². The fourth-order valence-corrected chi connectivity index (χ4v) is 1.63. The Morgan fingerprint density at radius 2 is 0.500 bits per heavy atom. The van der Waals surface area contributed by atoms with Crippen molar-refractivity contribution in [3.05, 3.63) is 71.9 Å². The van der Waals surface area contributed by atoms with Gasteiger partial charge in [-0.3, -0.25) is 0 Å². The van der Waals surface area contributed by atoms with Gasteiger partial charge in [0.25, 0.3) is 0 Å². The molecule has 0 aromatic heterocycles. The molecular weight excluding hydrogens is 384 g/mol. The highest BCUT2D eigenvalue weighted by atomic mass is 13.8. The van der Waals surface area contributed by atoms with Gasteiger partial charge < -0.3 is 0 Å². The van der Waals surface area contributed by atoms with E-state index in [0.29, 0.717) is 0 Å². The standard InChI is InChI=1S/4C6H12.2C4H8/c4*1-4-5-6(2)3;2*1-3-4-2/h4*5H,4H2,1-3H3;2*3H,1,4H2,2H3. The number of rotatable bonds is 6. The highest BCUT2D eigenvalue weighted by molar-refractivity contribution is 4.92. The lowest BCUT2D eigenvalue weighted by molar-refractivity contribution is 1.18. The average Bonchev–Trinajstić information content (AvgIpc) is 2.69. The first-order valence-corrected chi connectivity index (χ1v) is 12.7. The van der Waals surface area contributed by atoms with Crippen LogP contribution >= 0.6 is 0 Å². The van der Waals surface area contributed by atoms with Gasteiger partial charge in [-0.05, 0) is 93.9 Å². The molecule has 0 fully saturated rings. The second-order valence-electron chi connectivity index (χ2n) is 8.15. The summed E-state index contributed by atoms with van der Waals surface area (Å²) < 4.78 is 0. The molecule has 0 aliphatic carbocycles. The third kappa shape index (κ3) is 138. The molecule has 0 aromatic carbocycles. The summed E-state index contributed by atoms with van der Waals surface area (Å²) >= 11 is 0. The molecule has 192 valence electrons. The van der Waals surface area contributed by atoms with Gasteiger partial charge in [0, 0.05) is 0 Å². The minimum Gasteiger partial charge on any atom is -0.103 e. The molecule has 0 saturated heterocycles. The Morgan fingerprint density at radius 3 is 0.500 bits per heavy atom. The smallest absolute Gasteiger partial charge is 0.0377 e. The van der Waals surface area contributed by atoms with Crippen LogP contribution in [0.3, 0.4) is 0 Å². The molecule has 0 heteroatoms. The second kappa shape index (κ2) is 47.3. The summed E-state index contributed by atoms with van der Waals surface area (Å²) in [6, 6.07) is 0.